The molecular formula is C8H12N2O. The fourth-order valence-corrected chi connectivity index (χ4v) is 0.877. The average molecular weight is 152 g/mol. The van der Waals surface area contributed by atoms with E-state index in [0.29, 0.717) is 0 Å². The van der Waals surface area contributed by atoms with Crippen molar-refractivity contribution in [2.45, 2.75) is 20.1 Å². The lowest BCUT2D eigenvalue weighted by atomic mass is 10.3. The van der Waals surface area contributed by atoms with Crippen molar-refractivity contribution in [2.75, 3.05) is 5.32 Å². The summed E-state index contributed by atoms with van der Waals surface area (Å²) in [5, 5.41) is 11.8. The standard InChI is InChI=1S/C8H12N2O/c1-6-5-8(3-4-9-6)10-7(2)11/h3-5,7,11H,1-2H3,(H,9,10). The highest BCUT2D eigenvalue weighted by molar-refractivity contribution is 5.43. The first-order valence-corrected chi connectivity index (χ1v) is 3.56. The molecule has 0 spiro atoms. The minimum atomic E-state index is -0.517. The van der Waals surface area contributed by atoms with Gasteiger partial charge in [-0.1, -0.05) is 0 Å². The molecule has 2 N–H and O–H groups in total. The van der Waals surface area contributed by atoms with Crippen LogP contribution in [0.25, 0.3) is 0 Å². The van der Waals surface area contributed by atoms with Crippen molar-refractivity contribution in [3.8, 4) is 0 Å². The first-order chi connectivity index (χ1) is 5.18. The molecule has 3 nitrogen and oxygen atoms in total. The van der Waals surface area contributed by atoms with Gasteiger partial charge in [-0.2, -0.15) is 0 Å². The second-order valence-electron chi connectivity index (χ2n) is 2.51. The normalized spacial score (nSPS) is 12.6. The molecule has 60 valence electrons. The van der Waals surface area contributed by atoms with E-state index in [1.807, 2.05) is 19.1 Å². The smallest absolute Gasteiger partial charge is 0.121 e. The number of rotatable bonds is 2. The van der Waals surface area contributed by atoms with Gasteiger partial charge in [0, 0.05) is 17.6 Å². The first kappa shape index (κ1) is 8.01. The van der Waals surface area contributed by atoms with Crippen molar-refractivity contribution in [3.05, 3.63) is 24.0 Å². The number of aliphatic hydroxyl groups excluding tert-OH is 1. The minimum absolute atomic E-state index is 0.517. The number of pyridine rings is 1. The van der Waals surface area contributed by atoms with Crippen LogP contribution in [-0.4, -0.2) is 16.3 Å². The zero-order valence-corrected chi connectivity index (χ0v) is 6.70. The Bertz CT molecular complexity index is 235. The number of aliphatic hydroxyl groups is 1. The molecule has 0 saturated heterocycles. The Balaban J connectivity index is 2.71. The van der Waals surface area contributed by atoms with Gasteiger partial charge in [0.25, 0.3) is 0 Å². The Kier molecular flexibility index (Phi) is 2.44. The highest BCUT2D eigenvalue weighted by Gasteiger charge is 1.95. The molecule has 0 aliphatic carbocycles. The summed E-state index contributed by atoms with van der Waals surface area (Å²) in [7, 11) is 0. The minimum Gasteiger partial charge on any atom is -0.374 e. The van der Waals surface area contributed by atoms with Crippen LogP contribution in [0.15, 0.2) is 18.3 Å². The lowest BCUT2D eigenvalue weighted by molar-refractivity contribution is 0.224. The highest BCUT2D eigenvalue weighted by Crippen LogP contribution is 2.07. The number of aryl methyl sites for hydroxylation is 1. The Morgan fingerprint density at radius 3 is 2.91 bits per heavy atom. The second-order valence-corrected chi connectivity index (χ2v) is 2.51. The molecule has 11 heavy (non-hydrogen) atoms. The maximum atomic E-state index is 8.97. The molecule has 0 aliphatic rings. The molecule has 0 aliphatic heterocycles. The van der Waals surface area contributed by atoms with Gasteiger partial charge >= 0.3 is 0 Å². The molecule has 0 radical (unpaired) electrons. The van der Waals surface area contributed by atoms with Gasteiger partial charge in [-0.15, -0.1) is 0 Å². The molecule has 1 unspecified atom stereocenters. The number of hydrogen-bond donors (Lipinski definition) is 2. The molecule has 0 saturated carbocycles. The van der Waals surface area contributed by atoms with Crippen LogP contribution in [0.4, 0.5) is 5.69 Å². The largest absolute Gasteiger partial charge is 0.374 e. The molecule has 0 fully saturated rings. The first-order valence-electron chi connectivity index (χ1n) is 3.56. The predicted octanol–water partition coefficient (Wildman–Crippen LogP) is 1.14. The van der Waals surface area contributed by atoms with E-state index >= 15 is 0 Å². The molecule has 0 aromatic carbocycles. The van der Waals surface area contributed by atoms with Crippen molar-refractivity contribution in [1.82, 2.24) is 4.98 Å². The Labute approximate surface area is 66.1 Å². The van der Waals surface area contributed by atoms with E-state index in [0.717, 1.165) is 11.4 Å². The van der Waals surface area contributed by atoms with Gasteiger partial charge in [-0.25, -0.2) is 0 Å². The summed E-state index contributed by atoms with van der Waals surface area (Å²) in [6.07, 6.45) is 1.19. The van der Waals surface area contributed by atoms with Crippen molar-refractivity contribution in [2.24, 2.45) is 0 Å². The Morgan fingerprint density at radius 1 is 1.64 bits per heavy atom. The van der Waals surface area contributed by atoms with Gasteiger partial charge in [0.1, 0.15) is 6.23 Å². The van der Waals surface area contributed by atoms with E-state index in [-0.39, 0.29) is 0 Å². The molecule has 1 aromatic heterocycles. The van der Waals surface area contributed by atoms with Crippen molar-refractivity contribution in [1.29, 1.82) is 0 Å². The zero-order chi connectivity index (χ0) is 8.27. The molecule has 0 amide bonds. The molecule has 1 heterocycles. The summed E-state index contributed by atoms with van der Waals surface area (Å²) in [6, 6.07) is 3.70. The zero-order valence-electron chi connectivity index (χ0n) is 6.70. The van der Waals surface area contributed by atoms with E-state index in [4.69, 9.17) is 5.11 Å². The molecular weight excluding hydrogens is 140 g/mol. The van der Waals surface area contributed by atoms with E-state index in [1.165, 1.54) is 0 Å². The number of hydrogen-bond acceptors (Lipinski definition) is 3. The molecule has 1 atom stereocenters. The van der Waals surface area contributed by atoms with Gasteiger partial charge in [-0.05, 0) is 26.0 Å². The van der Waals surface area contributed by atoms with Gasteiger partial charge in [0.15, 0.2) is 0 Å². The van der Waals surface area contributed by atoms with Crippen molar-refractivity contribution < 1.29 is 5.11 Å². The van der Waals surface area contributed by atoms with E-state index in [1.54, 1.807) is 13.1 Å². The quantitative estimate of drug-likeness (QED) is 0.624. The summed E-state index contributed by atoms with van der Waals surface area (Å²) in [6.45, 7) is 3.59. The predicted molar refractivity (Wildman–Crippen MR) is 44.3 cm³/mol. The summed E-state index contributed by atoms with van der Waals surface area (Å²) in [5.74, 6) is 0. The van der Waals surface area contributed by atoms with Gasteiger partial charge in [0.05, 0.1) is 0 Å². The third-order valence-corrected chi connectivity index (χ3v) is 1.27. The molecule has 0 bridgehead atoms. The van der Waals surface area contributed by atoms with E-state index < -0.39 is 6.23 Å². The maximum absolute atomic E-state index is 8.97. The van der Waals surface area contributed by atoms with Crippen LogP contribution in [0.1, 0.15) is 12.6 Å². The fourth-order valence-electron chi connectivity index (χ4n) is 0.877. The third kappa shape index (κ3) is 2.55. The van der Waals surface area contributed by atoms with Crippen molar-refractivity contribution >= 4 is 5.69 Å². The van der Waals surface area contributed by atoms with Crippen LogP contribution in [-0.2, 0) is 0 Å². The van der Waals surface area contributed by atoms with Crippen LogP contribution >= 0.6 is 0 Å². The molecule has 3 heteroatoms. The number of aromatic nitrogens is 1. The van der Waals surface area contributed by atoms with Crippen LogP contribution in [0.3, 0.4) is 0 Å². The third-order valence-electron chi connectivity index (χ3n) is 1.27. The second kappa shape index (κ2) is 3.34. The van der Waals surface area contributed by atoms with Crippen LogP contribution < -0.4 is 5.32 Å². The lowest BCUT2D eigenvalue weighted by Gasteiger charge is -2.08. The summed E-state index contributed by atoms with van der Waals surface area (Å²) in [5.41, 5.74) is 1.84. The number of nitrogens with one attached hydrogen (secondary N) is 1. The van der Waals surface area contributed by atoms with Crippen molar-refractivity contribution in [3.63, 3.8) is 0 Å². The average Bonchev–Trinajstić information content (AvgIpc) is 1.85. The summed E-state index contributed by atoms with van der Waals surface area (Å²) < 4.78 is 0. The molecule has 1 rings (SSSR count). The molecule has 1 aromatic rings. The Morgan fingerprint density at radius 2 is 2.36 bits per heavy atom. The number of anilines is 1. The lowest BCUT2D eigenvalue weighted by Crippen LogP contribution is -2.13. The van der Waals surface area contributed by atoms with Crippen LogP contribution in [0.5, 0.6) is 0 Å². The van der Waals surface area contributed by atoms with Gasteiger partial charge < -0.3 is 10.4 Å². The van der Waals surface area contributed by atoms with Gasteiger partial charge in [-0.3, -0.25) is 4.98 Å². The summed E-state index contributed by atoms with van der Waals surface area (Å²) >= 11 is 0. The highest BCUT2D eigenvalue weighted by atomic mass is 16.3. The topological polar surface area (TPSA) is 45.1 Å². The van der Waals surface area contributed by atoms with Crippen LogP contribution in [0, 0.1) is 6.92 Å². The van der Waals surface area contributed by atoms with E-state index in [9.17, 15) is 0 Å². The Hall–Kier alpha value is -1.09. The summed E-state index contributed by atoms with van der Waals surface area (Å²) in [4.78, 5) is 4.03. The monoisotopic (exact) mass is 152 g/mol. The number of nitrogens with zero attached hydrogens (tertiary/aromatic N) is 1. The van der Waals surface area contributed by atoms with Gasteiger partial charge in [0.2, 0.25) is 0 Å². The van der Waals surface area contributed by atoms with Crippen LogP contribution in [0.2, 0.25) is 0 Å². The SMILES string of the molecule is Cc1cc(NC(C)O)ccn1. The maximum Gasteiger partial charge on any atom is 0.121 e. The fraction of sp³-hybridized carbons (Fsp3) is 0.375. The van der Waals surface area contributed by atoms with E-state index in [2.05, 4.69) is 10.3 Å².